The summed E-state index contributed by atoms with van der Waals surface area (Å²) in [6, 6.07) is 20.4. The molecule has 0 radical (unpaired) electrons. The fourth-order valence-electron chi connectivity index (χ4n) is 3.60. The summed E-state index contributed by atoms with van der Waals surface area (Å²) in [5.74, 6) is 0.757. The van der Waals surface area contributed by atoms with Crippen molar-refractivity contribution < 1.29 is 0 Å². The van der Waals surface area contributed by atoms with Crippen LogP contribution in [0, 0.1) is 5.92 Å². The summed E-state index contributed by atoms with van der Waals surface area (Å²) in [7, 11) is 0. The lowest BCUT2D eigenvalue weighted by Crippen LogP contribution is -2.45. The van der Waals surface area contributed by atoms with E-state index in [9.17, 15) is 0 Å². The number of benzene rings is 2. The van der Waals surface area contributed by atoms with Crippen molar-refractivity contribution in [3.8, 4) is 11.1 Å². The molecule has 0 bridgehead atoms. The number of rotatable bonds is 6. The van der Waals surface area contributed by atoms with Crippen molar-refractivity contribution in [1.29, 1.82) is 0 Å². The molecule has 0 spiro atoms. The van der Waals surface area contributed by atoms with Crippen LogP contribution < -0.4 is 5.32 Å². The minimum absolute atomic E-state index is 0. The van der Waals surface area contributed by atoms with Crippen LogP contribution in [0.2, 0.25) is 0 Å². The van der Waals surface area contributed by atoms with Gasteiger partial charge in [-0.3, -0.25) is 4.90 Å². The molecular formula is C22H32Cl2N2. The van der Waals surface area contributed by atoms with Crippen molar-refractivity contribution in [2.24, 2.45) is 5.92 Å². The van der Waals surface area contributed by atoms with Crippen LogP contribution in [0.4, 0.5) is 0 Å². The quantitative estimate of drug-likeness (QED) is 0.687. The molecule has 1 atom stereocenters. The number of nitrogens with zero attached hydrogens (tertiary/aromatic N) is 1. The van der Waals surface area contributed by atoms with Crippen LogP contribution in [0.3, 0.4) is 0 Å². The number of halogens is 2. The van der Waals surface area contributed by atoms with Gasteiger partial charge in [0, 0.05) is 32.2 Å². The topological polar surface area (TPSA) is 15.3 Å². The molecule has 2 aromatic rings. The molecule has 0 amide bonds. The Kier molecular flexibility index (Phi) is 10.3. The Morgan fingerprint density at radius 1 is 0.846 bits per heavy atom. The van der Waals surface area contributed by atoms with E-state index in [2.05, 4.69) is 78.7 Å². The summed E-state index contributed by atoms with van der Waals surface area (Å²) in [4.78, 5) is 2.67. The SMILES string of the molecule is CC(C)CC[C@@H](c1cccc(-c2ccccc2)c1)N1CCNCC1.Cl.Cl. The third kappa shape index (κ3) is 6.28. The summed E-state index contributed by atoms with van der Waals surface area (Å²) in [6.45, 7) is 9.17. The molecule has 0 saturated carbocycles. The minimum atomic E-state index is 0. The maximum Gasteiger partial charge on any atom is 0.0349 e. The monoisotopic (exact) mass is 394 g/mol. The number of hydrogen-bond acceptors (Lipinski definition) is 2. The zero-order valence-corrected chi connectivity index (χ0v) is 17.5. The summed E-state index contributed by atoms with van der Waals surface area (Å²) < 4.78 is 0. The number of hydrogen-bond donors (Lipinski definition) is 1. The molecule has 1 heterocycles. The molecule has 1 aliphatic rings. The van der Waals surface area contributed by atoms with Crippen molar-refractivity contribution in [2.45, 2.75) is 32.7 Å². The van der Waals surface area contributed by atoms with Gasteiger partial charge in [-0.1, -0.05) is 62.4 Å². The van der Waals surface area contributed by atoms with Gasteiger partial charge in [-0.2, -0.15) is 0 Å². The molecule has 144 valence electrons. The number of nitrogens with one attached hydrogen (secondary N) is 1. The van der Waals surface area contributed by atoms with Gasteiger partial charge in [-0.25, -0.2) is 0 Å². The van der Waals surface area contributed by atoms with Gasteiger partial charge in [0.2, 0.25) is 0 Å². The van der Waals surface area contributed by atoms with Gasteiger partial charge in [-0.15, -0.1) is 24.8 Å². The van der Waals surface area contributed by atoms with E-state index in [4.69, 9.17) is 0 Å². The fourth-order valence-corrected chi connectivity index (χ4v) is 3.60. The molecule has 0 aliphatic carbocycles. The smallest absolute Gasteiger partial charge is 0.0349 e. The molecule has 1 N–H and O–H groups in total. The number of piperazine rings is 1. The highest BCUT2D eigenvalue weighted by molar-refractivity contribution is 5.85. The Bertz CT molecular complexity index is 625. The first-order valence-corrected chi connectivity index (χ1v) is 9.34. The first-order valence-electron chi connectivity index (χ1n) is 9.34. The molecule has 26 heavy (non-hydrogen) atoms. The van der Waals surface area contributed by atoms with Crippen LogP contribution in [0.1, 0.15) is 38.3 Å². The molecule has 4 heteroatoms. The van der Waals surface area contributed by atoms with Crippen molar-refractivity contribution in [3.05, 3.63) is 60.2 Å². The molecule has 0 aromatic heterocycles. The highest BCUT2D eigenvalue weighted by Gasteiger charge is 2.22. The second-order valence-electron chi connectivity index (χ2n) is 7.26. The van der Waals surface area contributed by atoms with Crippen LogP contribution in [0.5, 0.6) is 0 Å². The van der Waals surface area contributed by atoms with E-state index in [1.807, 2.05) is 0 Å². The molecule has 0 unspecified atom stereocenters. The lowest BCUT2D eigenvalue weighted by atomic mass is 9.93. The molecule has 2 nitrogen and oxygen atoms in total. The van der Waals surface area contributed by atoms with Crippen LogP contribution in [0.15, 0.2) is 54.6 Å². The predicted molar refractivity (Wildman–Crippen MR) is 118 cm³/mol. The molecule has 1 saturated heterocycles. The summed E-state index contributed by atoms with van der Waals surface area (Å²) in [6.07, 6.45) is 2.53. The average molecular weight is 395 g/mol. The molecule has 1 fully saturated rings. The molecular weight excluding hydrogens is 363 g/mol. The van der Waals surface area contributed by atoms with Crippen LogP contribution >= 0.6 is 24.8 Å². The van der Waals surface area contributed by atoms with Gasteiger partial charge < -0.3 is 5.32 Å². The van der Waals surface area contributed by atoms with Crippen molar-refractivity contribution in [1.82, 2.24) is 10.2 Å². The van der Waals surface area contributed by atoms with E-state index in [0.717, 1.165) is 32.1 Å². The Balaban J connectivity index is 0.00000169. The highest BCUT2D eigenvalue weighted by atomic mass is 35.5. The average Bonchev–Trinajstić information content (AvgIpc) is 2.64. The lowest BCUT2D eigenvalue weighted by Gasteiger charge is -2.36. The highest BCUT2D eigenvalue weighted by Crippen LogP contribution is 2.30. The third-order valence-corrected chi connectivity index (χ3v) is 4.99. The van der Waals surface area contributed by atoms with Gasteiger partial charge in [-0.05, 0) is 41.5 Å². The Labute approximate surface area is 171 Å². The second kappa shape index (κ2) is 11.6. The summed E-state index contributed by atoms with van der Waals surface area (Å²) in [5.41, 5.74) is 4.11. The lowest BCUT2D eigenvalue weighted by molar-refractivity contribution is 0.160. The van der Waals surface area contributed by atoms with E-state index in [-0.39, 0.29) is 24.8 Å². The van der Waals surface area contributed by atoms with Crippen LogP contribution in [-0.4, -0.2) is 31.1 Å². The normalized spacial score (nSPS) is 15.8. The molecule has 2 aromatic carbocycles. The van der Waals surface area contributed by atoms with E-state index in [1.165, 1.54) is 29.5 Å². The Morgan fingerprint density at radius 2 is 1.50 bits per heavy atom. The first kappa shape index (κ1) is 23.0. The van der Waals surface area contributed by atoms with Gasteiger partial charge in [0.1, 0.15) is 0 Å². The zero-order valence-electron chi connectivity index (χ0n) is 15.9. The second-order valence-corrected chi connectivity index (χ2v) is 7.26. The fraction of sp³-hybridized carbons (Fsp3) is 0.455. The van der Waals surface area contributed by atoms with Crippen molar-refractivity contribution in [2.75, 3.05) is 26.2 Å². The van der Waals surface area contributed by atoms with Gasteiger partial charge >= 0.3 is 0 Å². The largest absolute Gasteiger partial charge is 0.314 e. The maximum atomic E-state index is 3.48. The van der Waals surface area contributed by atoms with Crippen molar-refractivity contribution in [3.63, 3.8) is 0 Å². The summed E-state index contributed by atoms with van der Waals surface area (Å²) in [5, 5.41) is 3.48. The first-order chi connectivity index (χ1) is 11.7. The standard InChI is InChI=1S/C22H30N2.2ClH/c1-18(2)11-12-22(24-15-13-23-14-16-24)21-10-6-9-20(17-21)19-7-4-3-5-8-19;;/h3-10,17-18,22-23H,11-16H2,1-2H3;2*1H/t22-;;/m0../s1. The molecule has 1 aliphatic heterocycles. The Hall–Kier alpha value is -1.06. The minimum Gasteiger partial charge on any atom is -0.314 e. The van der Waals surface area contributed by atoms with E-state index < -0.39 is 0 Å². The molecule has 3 rings (SSSR count). The van der Waals surface area contributed by atoms with Gasteiger partial charge in [0.05, 0.1) is 0 Å². The third-order valence-electron chi connectivity index (χ3n) is 4.99. The van der Waals surface area contributed by atoms with Crippen LogP contribution in [-0.2, 0) is 0 Å². The van der Waals surface area contributed by atoms with E-state index >= 15 is 0 Å². The van der Waals surface area contributed by atoms with E-state index in [1.54, 1.807) is 0 Å². The predicted octanol–water partition coefficient (Wildman–Crippen LogP) is 5.58. The van der Waals surface area contributed by atoms with Crippen LogP contribution in [0.25, 0.3) is 11.1 Å². The van der Waals surface area contributed by atoms with Gasteiger partial charge in [0.15, 0.2) is 0 Å². The Morgan fingerprint density at radius 3 is 2.15 bits per heavy atom. The van der Waals surface area contributed by atoms with E-state index in [0.29, 0.717) is 6.04 Å². The maximum absolute atomic E-state index is 3.48. The zero-order chi connectivity index (χ0) is 16.8. The summed E-state index contributed by atoms with van der Waals surface area (Å²) >= 11 is 0. The van der Waals surface area contributed by atoms with Gasteiger partial charge in [0.25, 0.3) is 0 Å². The van der Waals surface area contributed by atoms with Crippen molar-refractivity contribution >= 4 is 24.8 Å².